The molecular formula is C18H20N6O3. The Hall–Kier alpha value is -3.49. The largest absolute Gasteiger partial charge is 0.459 e. The zero-order valence-corrected chi connectivity index (χ0v) is 15.6. The SMILES string of the molecule is Cc1cc(C)nc(-n2nc(C)cc2NC(=O)CN(C)C(=O)c2ccco2)n1. The lowest BCUT2D eigenvalue weighted by Crippen LogP contribution is -2.35. The average Bonchev–Trinajstić information content (AvgIpc) is 3.23. The van der Waals surface area contributed by atoms with Crippen LogP contribution in [0.4, 0.5) is 5.82 Å². The summed E-state index contributed by atoms with van der Waals surface area (Å²) in [6.45, 7) is 5.39. The number of nitrogens with zero attached hydrogens (tertiary/aromatic N) is 5. The van der Waals surface area contributed by atoms with E-state index in [4.69, 9.17) is 4.42 Å². The number of carbonyl (C=O) groups is 2. The summed E-state index contributed by atoms with van der Waals surface area (Å²) < 4.78 is 6.54. The fourth-order valence-corrected chi connectivity index (χ4v) is 2.60. The Morgan fingerprint density at radius 3 is 2.48 bits per heavy atom. The van der Waals surface area contributed by atoms with Crippen LogP contribution in [0.1, 0.15) is 27.6 Å². The highest BCUT2D eigenvalue weighted by Crippen LogP contribution is 2.15. The highest BCUT2D eigenvalue weighted by Gasteiger charge is 2.19. The molecule has 9 nitrogen and oxygen atoms in total. The number of amides is 2. The fraction of sp³-hybridized carbons (Fsp3) is 0.278. The Labute approximate surface area is 156 Å². The van der Waals surface area contributed by atoms with Gasteiger partial charge in [-0.2, -0.15) is 9.78 Å². The van der Waals surface area contributed by atoms with Crippen molar-refractivity contribution in [3.63, 3.8) is 0 Å². The van der Waals surface area contributed by atoms with Crippen LogP contribution in [-0.4, -0.2) is 50.1 Å². The number of furan rings is 1. The van der Waals surface area contributed by atoms with E-state index in [1.807, 2.05) is 19.9 Å². The summed E-state index contributed by atoms with van der Waals surface area (Å²) >= 11 is 0. The van der Waals surface area contributed by atoms with Crippen LogP contribution in [0.25, 0.3) is 5.95 Å². The number of rotatable bonds is 5. The van der Waals surface area contributed by atoms with Gasteiger partial charge >= 0.3 is 0 Å². The number of nitrogens with one attached hydrogen (secondary N) is 1. The van der Waals surface area contributed by atoms with Crippen LogP contribution >= 0.6 is 0 Å². The van der Waals surface area contributed by atoms with Gasteiger partial charge in [-0.05, 0) is 39.0 Å². The minimum atomic E-state index is -0.377. The number of anilines is 1. The first kappa shape index (κ1) is 18.3. The normalized spacial score (nSPS) is 10.7. The number of likely N-dealkylation sites (N-methyl/N-ethyl adjacent to an activating group) is 1. The number of carbonyl (C=O) groups excluding carboxylic acids is 2. The van der Waals surface area contributed by atoms with Crippen LogP contribution in [0.2, 0.25) is 0 Å². The van der Waals surface area contributed by atoms with Crippen molar-refractivity contribution >= 4 is 17.6 Å². The zero-order valence-electron chi connectivity index (χ0n) is 15.6. The van der Waals surface area contributed by atoms with Crippen LogP contribution in [0.3, 0.4) is 0 Å². The number of aromatic nitrogens is 4. The van der Waals surface area contributed by atoms with Crippen LogP contribution in [0.15, 0.2) is 34.9 Å². The molecule has 1 N–H and O–H groups in total. The third-order valence-electron chi connectivity index (χ3n) is 3.72. The average molecular weight is 368 g/mol. The van der Waals surface area contributed by atoms with Crippen molar-refractivity contribution in [2.75, 3.05) is 18.9 Å². The quantitative estimate of drug-likeness (QED) is 0.737. The maximum atomic E-state index is 12.4. The molecule has 0 aliphatic heterocycles. The lowest BCUT2D eigenvalue weighted by atomic mass is 10.3. The molecule has 0 saturated heterocycles. The minimum absolute atomic E-state index is 0.141. The van der Waals surface area contributed by atoms with E-state index in [1.165, 1.54) is 22.9 Å². The second-order valence-corrected chi connectivity index (χ2v) is 6.22. The van der Waals surface area contributed by atoms with Crippen molar-refractivity contribution in [1.82, 2.24) is 24.6 Å². The molecule has 0 radical (unpaired) electrons. The van der Waals surface area contributed by atoms with Gasteiger partial charge < -0.3 is 14.6 Å². The van der Waals surface area contributed by atoms with Gasteiger partial charge in [0.05, 0.1) is 12.0 Å². The van der Waals surface area contributed by atoms with Gasteiger partial charge in [-0.15, -0.1) is 0 Å². The van der Waals surface area contributed by atoms with Crippen LogP contribution in [-0.2, 0) is 4.79 Å². The van der Waals surface area contributed by atoms with Gasteiger partial charge in [-0.3, -0.25) is 9.59 Å². The molecule has 0 bridgehead atoms. The zero-order chi connectivity index (χ0) is 19.6. The van der Waals surface area contributed by atoms with Gasteiger partial charge in [0, 0.05) is 24.5 Å². The number of aryl methyl sites for hydroxylation is 3. The molecule has 0 aromatic carbocycles. The molecule has 27 heavy (non-hydrogen) atoms. The molecule has 0 saturated carbocycles. The van der Waals surface area contributed by atoms with Gasteiger partial charge in [0.2, 0.25) is 5.91 Å². The van der Waals surface area contributed by atoms with E-state index in [1.54, 1.807) is 25.1 Å². The Kier molecular flexibility index (Phi) is 5.02. The summed E-state index contributed by atoms with van der Waals surface area (Å²) in [6, 6.07) is 6.74. The third-order valence-corrected chi connectivity index (χ3v) is 3.72. The van der Waals surface area contributed by atoms with Crippen molar-refractivity contribution in [2.45, 2.75) is 20.8 Å². The number of hydrogen-bond donors (Lipinski definition) is 1. The van der Waals surface area contributed by atoms with Crippen molar-refractivity contribution in [1.29, 1.82) is 0 Å². The summed E-state index contributed by atoms with van der Waals surface area (Å²) in [5.74, 6) is 0.229. The van der Waals surface area contributed by atoms with Gasteiger partial charge in [-0.25, -0.2) is 9.97 Å². The van der Waals surface area contributed by atoms with Crippen molar-refractivity contribution < 1.29 is 14.0 Å². The first-order chi connectivity index (χ1) is 12.8. The Bertz CT molecular complexity index is 957. The van der Waals surface area contributed by atoms with Crippen molar-refractivity contribution in [3.05, 3.63) is 53.4 Å². The van der Waals surface area contributed by atoms with Crippen LogP contribution in [0, 0.1) is 20.8 Å². The summed E-state index contributed by atoms with van der Waals surface area (Å²) in [7, 11) is 1.53. The first-order valence-electron chi connectivity index (χ1n) is 8.31. The molecule has 0 fully saturated rings. The molecule has 3 aromatic rings. The molecule has 0 spiro atoms. The molecule has 0 aliphatic carbocycles. The maximum absolute atomic E-state index is 12.4. The van der Waals surface area contributed by atoms with E-state index < -0.39 is 0 Å². The summed E-state index contributed by atoms with van der Waals surface area (Å²) in [6.07, 6.45) is 1.41. The minimum Gasteiger partial charge on any atom is -0.459 e. The van der Waals surface area contributed by atoms with Gasteiger partial charge in [-0.1, -0.05) is 0 Å². The van der Waals surface area contributed by atoms with E-state index in [0.29, 0.717) is 17.5 Å². The molecule has 140 valence electrons. The predicted octanol–water partition coefficient (Wildman–Crippen LogP) is 1.89. The molecule has 3 heterocycles. The van der Waals surface area contributed by atoms with Gasteiger partial charge in [0.25, 0.3) is 11.9 Å². The molecule has 3 aromatic heterocycles. The van der Waals surface area contributed by atoms with E-state index in [-0.39, 0.29) is 24.1 Å². The molecule has 0 atom stereocenters. The molecule has 2 amide bonds. The molecule has 0 aliphatic rings. The summed E-state index contributed by atoms with van der Waals surface area (Å²) in [4.78, 5) is 34.6. The van der Waals surface area contributed by atoms with Crippen LogP contribution < -0.4 is 5.32 Å². The molecule has 3 rings (SSSR count). The topological polar surface area (TPSA) is 106 Å². The lowest BCUT2D eigenvalue weighted by Gasteiger charge is -2.15. The van der Waals surface area contributed by atoms with Gasteiger partial charge in [0.15, 0.2) is 5.76 Å². The summed E-state index contributed by atoms with van der Waals surface area (Å²) in [5.41, 5.74) is 2.30. The molecule has 0 unspecified atom stereocenters. The standard InChI is InChI=1S/C18H20N6O3/c1-11-8-12(2)20-18(19-11)24-15(9-13(3)22-24)21-16(25)10-23(4)17(26)14-6-5-7-27-14/h5-9H,10H2,1-4H3,(H,21,25). The number of hydrogen-bond acceptors (Lipinski definition) is 6. The third kappa shape index (κ3) is 4.20. The van der Waals surface area contributed by atoms with E-state index >= 15 is 0 Å². The molecular weight excluding hydrogens is 348 g/mol. The van der Waals surface area contributed by atoms with E-state index in [0.717, 1.165) is 11.4 Å². The second kappa shape index (κ2) is 7.40. The second-order valence-electron chi connectivity index (χ2n) is 6.22. The smallest absolute Gasteiger partial charge is 0.289 e. The Morgan fingerprint density at radius 1 is 1.15 bits per heavy atom. The highest BCUT2D eigenvalue weighted by atomic mass is 16.3. The van der Waals surface area contributed by atoms with Gasteiger partial charge in [0.1, 0.15) is 12.4 Å². The molecule has 9 heteroatoms. The predicted molar refractivity (Wildman–Crippen MR) is 97.7 cm³/mol. The van der Waals surface area contributed by atoms with Crippen molar-refractivity contribution in [2.24, 2.45) is 0 Å². The van der Waals surface area contributed by atoms with E-state index in [9.17, 15) is 9.59 Å². The van der Waals surface area contributed by atoms with Crippen molar-refractivity contribution in [3.8, 4) is 5.95 Å². The monoisotopic (exact) mass is 368 g/mol. The Balaban J connectivity index is 1.76. The highest BCUT2D eigenvalue weighted by molar-refractivity contribution is 5.97. The first-order valence-corrected chi connectivity index (χ1v) is 8.31. The lowest BCUT2D eigenvalue weighted by molar-refractivity contribution is -0.116. The van der Waals surface area contributed by atoms with Crippen LogP contribution in [0.5, 0.6) is 0 Å². The summed E-state index contributed by atoms with van der Waals surface area (Å²) in [5, 5.41) is 7.11. The Morgan fingerprint density at radius 2 is 1.85 bits per heavy atom. The van der Waals surface area contributed by atoms with E-state index in [2.05, 4.69) is 20.4 Å². The fourth-order valence-electron chi connectivity index (χ4n) is 2.60. The maximum Gasteiger partial charge on any atom is 0.289 e.